The molecule has 0 unspecified atom stereocenters. The van der Waals surface area contributed by atoms with Gasteiger partial charge in [-0.15, -0.1) is 0 Å². The number of hydrogen-bond donors (Lipinski definition) is 1. The average molecular weight is 1730 g/mol. The first-order valence-electron chi connectivity index (χ1n) is 58.7. The molecule has 0 aromatic heterocycles. The molecule has 8 aliphatic carbocycles. The van der Waals surface area contributed by atoms with E-state index in [0.29, 0.717) is 6.54 Å². The van der Waals surface area contributed by atoms with Gasteiger partial charge in [0, 0.05) is 6.54 Å². The second-order valence-electron chi connectivity index (χ2n) is 45.1. The Kier molecular flexibility index (Phi) is 66.9. The molecule has 0 radical (unpaired) electrons. The van der Waals surface area contributed by atoms with Gasteiger partial charge in [-0.1, -0.05) is 398 Å². The van der Waals surface area contributed by atoms with Crippen LogP contribution in [0.1, 0.15) is 546 Å². The van der Waals surface area contributed by atoms with Gasteiger partial charge in [-0.05, 0) is 319 Å². The smallest absolute Gasteiger partial charge is 0.304 e. The van der Waals surface area contributed by atoms with Crippen molar-refractivity contribution in [3.63, 3.8) is 0 Å². The zero-order chi connectivity index (χ0) is 86.2. The fourth-order valence-corrected chi connectivity index (χ4v) is 26.2. The Bertz CT molecular complexity index is 2240. The van der Waals surface area contributed by atoms with Crippen molar-refractivity contribution in [2.45, 2.75) is 546 Å². The summed E-state index contributed by atoms with van der Waals surface area (Å²) >= 11 is 0. The predicted molar refractivity (Wildman–Crippen MR) is 543 cm³/mol. The van der Waals surface area contributed by atoms with Crippen LogP contribution in [0.2, 0.25) is 0 Å². The van der Waals surface area contributed by atoms with Crippen LogP contribution in [0.3, 0.4) is 0 Å². The van der Waals surface area contributed by atoms with Gasteiger partial charge in [-0.25, -0.2) is 0 Å². The molecule has 8 fully saturated rings. The standard InChI is InChI=1S/C115H221N7O2/c123-115(124)85-106-122(105-60-103-121(101-58-97-119(93-54-84-114-75-45-30-46-76-114)91-48-78-108-63-33-18-5-2-6-19-34-64-108)99-56-95-117(88-50-80-110-67-37-22-9-10-23-38-68-110)89-51-81-111-69-39-24-11-12-25-40-70-111)104-59-102-120(100-57-96-118(92-53-83-113-73-43-28-15-29-44-74-113)90-52-82-112-71-41-26-13-14-27-42-72-112)98-55-94-116(87-49-79-109-65-35-20-7-8-21-36-66-109)86-47-77-107-61-31-16-3-1-4-17-32-62-107/h107-114H,1-106H2,(H,123,124). The summed E-state index contributed by atoms with van der Waals surface area (Å²) in [6.45, 7) is 25.5. The SMILES string of the molecule is O=C(O)CCN(CCCN(CCCN(CCCC1CCCCCCCCC1)CCCC1CCCCCCCC1)CCCN(CCCC1CCCCCCCC1)CCCC1CCCCCCC1)CCCN(CCCN(CCCC1CCCCCCCC1)CCCC1CCCCCCCC1)CCCN(CCCC1CCCCCCCCC1)CCCC1CCCCC1. The van der Waals surface area contributed by atoms with Gasteiger partial charge in [-0.2, -0.15) is 0 Å². The quantitative estimate of drug-likeness (QED) is 0.0642. The Morgan fingerprint density at radius 1 is 0.145 bits per heavy atom. The number of carboxylic acids is 1. The number of carboxylic acid groups (broad SMARTS) is 1. The lowest BCUT2D eigenvalue weighted by atomic mass is 9.86. The fourth-order valence-electron chi connectivity index (χ4n) is 26.2. The molecule has 0 aliphatic heterocycles. The van der Waals surface area contributed by atoms with Gasteiger partial charge in [0.15, 0.2) is 0 Å². The third-order valence-corrected chi connectivity index (χ3v) is 34.3. The lowest BCUT2D eigenvalue weighted by Crippen LogP contribution is -2.37. The van der Waals surface area contributed by atoms with E-state index in [1.165, 1.54) is 631 Å². The zero-order valence-corrected chi connectivity index (χ0v) is 84.1. The average Bonchev–Trinajstić information content (AvgIpc) is 1.16. The highest BCUT2D eigenvalue weighted by Gasteiger charge is 2.24. The summed E-state index contributed by atoms with van der Waals surface area (Å²) in [5.74, 6) is 7.04. The van der Waals surface area contributed by atoms with Gasteiger partial charge in [0.25, 0.3) is 0 Å². The highest BCUT2D eigenvalue weighted by molar-refractivity contribution is 5.66. The van der Waals surface area contributed by atoms with Crippen molar-refractivity contribution >= 4 is 5.97 Å². The molecule has 0 spiro atoms. The summed E-state index contributed by atoms with van der Waals surface area (Å²) in [7, 11) is 0. The Balaban J connectivity index is 0.958. The van der Waals surface area contributed by atoms with Crippen molar-refractivity contribution in [1.82, 2.24) is 34.3 Å². The molecule has 1 N–H and O–H groups in total. The molecule has 0 bridgehead atoms. The van der Waals surface area contributed by atoms with Crippen LogP contribution in [0.4, 0.5) is 0 Å². The van der Waals surface area contributed by atoms with Crippen molar-refractivity contribution in [1.29, 1.82) is 0 Å². The lowest BCUT2D eigenvalue weighted by Gasteiger charge is -2.30. The molecule has 0 aromatic rings. The highest BCUT2D eigenvalue weighted by Crippen LogP contribution is 2.35. The van der Waals surface area contributed by atoms with Crippen molar-refractivity contribution < 1.29 is 9.90 Å². The van der Waals surface area contributed by atoms with Crippen LogP contribution < -0.4 is 0 Å². The molecule has 0 atom stereocenters. The van der Waals surface area contributed by atoms with Crippen molar-refractivity contribution in [2.75, 3.05) is 137 Å². The molecule has 8 aliphatic rings. The summed E-state index contributed by atoms with van der Waals surface area (Å²) in [6, 6.07) is 0. The Morgan fingerprint density at radius 2 is 0.242 bits per heavy atom. The van der Waals surface area contributed by atoms with E-state index in [1.807, 2.05) is 0 Å². The van der Waals surface area contributed by atoms with E-state index in [1.54, 1.807) is 0 Å². The maximum atomic E-state index is 12.8. The van der Waals surface area contributed by atoms with E-state index in [9.17, 15) is 9.90 Å². The first kappa shape index (κ1) is 109. The number of hydrogen-bond acceptors (Lipinski definition) is 8. The molecule has 728 valence electrons. The van der Waals surface area contributed by atoms with Crippen LogP contribution in [-0.4, -0.2) is 183 Å². The van der Waals surface area contributed by atoms with E-state index < -0.39 is 5.97 Å². The van der Waals surface area contributed by atoms with E-state index in [0.717, 1.165) is 86.4 Å². The van der Waals surface area contributed by atoms with Gasteiger partial charge < -0.3 is 39.4 Å². The predicted octanol–water partition coefficient (Wildman–Crippen LogP) is 32.4. The molecule has 8 saturated carbocycles. The lowest BCUT2D eigenvalue weighted by molar-refractivity contribution is -0.137. The Morgan fingerprint density at radius 3 is 0.363 bits per heavy atom. The van der Waals surface area contributed by atoms with Gasteiger partial charge in [-0.3, -0.25) is 4.79 Å². The van der Waals surface area contributed by atoms with Gasteiger partial charge in [0.1, 0.15) is 0 Å². The minimum Gasteiger partial charge on any atom is -0.481 e. The van der Waals surface area contributed by atoms with E-state index >= 15 is 0 Å². The monoisotopic (exact) mass is 1730 g/mol. The second kappa shape index (κ2) is 76.5. The summed E-state index contributed by atoms with van der Waals surface area (Å²) < 4.78 is 0. The van der Waals surface area contributed by atoms with Crippen molar-refractivity contribution in [2.24, 2.45) is 47.3 Å². The molecule has 0 heterocycles. The molecule has 9 heteroatoms. The topological polar surface area (TPSA) is 60.0 Å². The Labute approximate surface area is 776 Å². The summed E-state index contributed by atoms with van der Waals surface area (Å²) in [5.41, 5.74) is 0. The maximum Gasteiger partial charge on any atom is 0.304 e. The highest BCUT2D eigenvalue weighted by atomic mass is 16.4. The van der Waals surface area contributed by atoms with Crippen LogP contribution in [0.25, 0.3) is 0 Å². The third-order valence-electron chi connectivity index (χ3n) is 34.3. The molecular formula is C115H221N7O2. The summed E-state index contributed by atoms with van der Waals surface area (Å²) in [4.78, 5) is 33.4. The minimum atomic E-state index is -0.619. The zero-order valence-electron chi connectivity index (χ0n) is 84.1. The second-order valence-corrected chi connectivity index (χ2v) is 45.1. The maximum absolute atomic E-state index is 12.8. The molecule has 124 heavy (non-hydrogen) atoms. The first-order valence-corrected chi connectivity index (χ1v) is 58.7. The van der Waals surface area contributed by atoms with Crippen LogP contribution in [0.5, 0.6) is 0 Å². The molecule has 0 aromatic carbocycles. The third kappa shape index (κ3) is 57.7. The Hall–Kier alpha value is -0.810. The van der Waals surface area contributed by atoms with Gasteiger partial charge >= 0.3 is 5.97 Å². The summed E-state index contributed by atoms with van der Waals surface area (Å²) in [6.07, 6.45) is 122. The van der Waals surface area contributed by atoms with Crippen LogP contribution in [0.15, 0.2) is 0 Å². The fraction of sp³-hybridized carbons (Fsp3) is 0.991. The van der Waals surface area contributed by atoms with Crippen molar-refractivity contribution in [3.8, 4) is 0 Å². The number of rotatable bonds is 59. The summed E-state index contributed by atoms with van der Waals surface area (Å²) in [5, 5.41) is 10.5. The number of nitrogens with zero attached hydrogens (tertiary/aromatic N) is 7. The molecule has 0 amide bonds. The van der Waals surface area contributed by atoms with E-state index in [4.69, 9.17) is 0 Å². The molecule has 0 saturated heterocycles. The van der Waals surface area contributed by atoms with E-state index in [2.05, 4.69) is 34.3 Å². The van der Waals surface area contributed by atoms with Crippen molar-refractivity contribution in [3.05, 3.63) is 0 Å². The molecule has 9 nitrogen and oxygen atoms in total. The van der Waals surface area contributed by atoms with E-state index in [-0.39, 0.29) is 6.42 Å². The normalized spacial score (nSPS) is 21.4. The minimum absolute atomic E-state index is 0.261. The van der Waals surface area contributed by atoms with Gasteiger partial charge in [0.05, 0.1) is 6.42 Å². The number of carbonyl (C=O) groups is 1. The van der Waals surface area contributed by atoms with Crippen LogP contribution in [0, 0.1) is 47.3 Å². The molecular weight excluding hydrogens is 1510 g/mol. The van der Waals surface area contributed by atoms with Gasteiger partial charge in [0.2, 0.25) is 0 Å². The van der Waals surface area contributed by atoms with Crippen LogP contribution >= 0.6 is 0 Å². The largest absolute Gasteiger partial charge is 0.481 e. The number of aliphatic carboxylic acids is 1. The molecule has 8 rings (SSSR count). The first-order chi connectivity index (χ1) is 61.4. The van der Waals surface area contributed by atoms with Crippen LogP contribution in [-0.2, 0) is 4.79 Å².